The summed E-state index contributed by atoms with van der Waals surface area (Å²) in [6, 6.07) is 12.2. The topological polar surface area (TPSA) is 94.7 Å². The number of hydrogen-bond acceptors (Lipinski definition) is 5. The molecule has 9 heteroatoms. The van der Waals surface area contributed by atoms with Crippen LogP contribution in [0, 0.1) is 0 Å². The van der Waals surface area contributed by atoms with E-state index in [4.69, 9.17) is 11.6 Å². The number of hydrogen-bond donors (Lipinski definition) is 1. The van der Waals surface area contributed by atoms with Gasteiger partial charge in [0.15, 0.2) is 0 Å². The van der Waals surface area contributed by atoms with Gasteiger partial charge in [-0.2, -0.15) is 14.9 Å². The van der Waals surface area contributed by atoms with E-state index < -0.39 is 11.5 Å². The van der Waals surface area contributed by atoms with E-state index >= 15 is 0 Å². The highest BCUT2D eigenvalue weighted by atomic mass is 35.5. The Morgan fingerprint density at radius 1 is 1.22 bits per heavy atom. The van der Waals surface area contributed by atoms with Crippen molar-refractivity contribution < 1.29 is 4.79 Å². The maximum absolute atomic E-state index is 13.2. The minimum absolute atomic E-state index is 0.00569. The number of halogens is 1. The van der Waals surface area contributed by atoms with Gasteiger partial charge in [-0.3, -0.25) is 19.3 Å². The van der Waals surface area contributed by atoms with Crippen LogP contribution in [0.1, 0.15) is 34.1 Å². The zero-order valence-corrected chi connectivity index (χ0v) is 18.0. The van der Waals surface area contributed by atoms with Gasteiger partial charge < -0.3 is 5.32 Å². The summed E-state index contributed by atoms with van der Waals surface area (Å²) in [5.74, 6) is -0.452. The number of nitrogens with one attached hydrogen (secondary N) is 1. The maximum atomic E-state index is 13.2. The lowest BCUT2D eigenvalue weighted by Gasteiger charge is -2.15. The Labute approximate surface area is 188 Å². The molecule has 1 aromatic carbocycles. The summed E-state index contributed by atoms with van der Waals surface area (Å²) in [4.78, 5) is 30.9. The van der Waals surface area contributed by atoms with Crippen LogP contribution in [-0.2, 0) is 13.5 Å². The molecule has 1 atom stereocenters. The van der Waals surface area contributed by atoms with Crippen molar-refractivity contribution in [1.82, 2.24) is 29.9 Å². The van der Waals surface area contributed by atoms with Gasteiger partial charge in [0.05, 0.1) is 24.1 Å². The first kappa shape index (κ1) is 20.1. The minimum Gasteiger partial charge on any atom is -0.345 e. The van der Waals surface area contributed by atoms with Crippen LogP contribution in [0.5, 0.6) is 0 Å². The Morgan fingerprint density at radius 2 is 2.03 bits per heavy atom. The Hall–Kier alpha value is -3.78. The van der Waals surface area contributed by atoms with Crippen molar-refractivity contribution in [2.75, 3.05) is 0 Å². The molecule has 4 aromatic rings. The van der Waals surface area contributed by atoms with Crippen molar-refractivity contribution in [3.05, 3.63) is 93.3 Å². The lowest BCUT2D eigenvalue weighted by molar-refractivity contribution is 0.0934. The number of aromatic nitrogens is 5. The Balaban J connectivity index is 1.57. The number of rotatable bonds is 4. The van der Waals surface area contributed by atoms with Crippen LogP contribution in [0.3, 0.4) is 0 Å². The third kappa shape index (κ3) is 3.69. The zero-order chi connectivity index (χ0) is 22.2. The van der Waals surface area contributed by atoms with Gasteiger partial charge in [-0.15, -0.1) is 0 Å². The molecule has 0 saturated carbocycles. The first-order valence-corrected chi connectivity index (χ1v) is 10.5. The number of pyridine rings is 1. The molecule has 1 N–H and O–H groups in total. The molecule has 8 nitrogen and oxygen atoms in total. The van der Waals surface area contributed by atoms with E-state index in [0.717, 1.165) is 29.7 Å². The smallest absolute Gasteiger partial charge is 0.284 e. The first-order valence-electron chi connectivity index (χ1n) is 10.1. The van der Waals surface area contributed by atoms with Crippen LogP contribution in [0.2, 0.25) is 5.02 Å². The van der Waals surface area contributed by atoms with E-state index in [9.17, 15) is 9.59 Å². The number of nitrogens with zero attached hydrogens (tertiary/aromatic N) is 5. The number of carbonyl (C=O) groups excluding carboxylic acids is 1. The van der Waals surface area contributed by atoms with Gasteiger partial charge in [0, 0.05) is 29.5 Å². The second-order valence-electron chi connectivity index (χ2n) is 7.64. The normalized spacial score (nSPS) is 14.9. The monoisotopic (exact) mass is 446 g/mol. The quantitative estimate of drug-likeness (QED) is 0.519. The summed E-state index contributed by atoms with van der Waals surface area (Å²) in [6.45, 7) is 0. The fraction of sp³-hybridized carbons (Fsp3) is 0.174. The van der Waals surface area contributed by atoms with E-state index in [1.165, 1.54) is 16.9 Å². The molecular weight excluding hydrogens is 428 g/mol. The van der Waals surface area contributed by atoms with E-state index in [1.54, 1.807) is 48.4 Å². The summed E-state index contributed by atoms with van der Waals surface area (Å²) >= 11 is 6.02. The van der Waals surface area contributed by atoms with Crippen molar-refractivity contribution in [3.63, 3.8) is 0 Å². The first-order chi connectivity index (χ1) is 15.5. The Kier molecular flexibility index (Phi) is 5.07. The molecule has 32 heavy (non-hydrogen) atoms. The Morgan fingerprint density at radius 3 is 2.78 bits per heavy atom. The fourth-order valence-electron chi connectivity index (χ4n) is 3.91. The van der Waals surface area contributed by atoms with Crippen LogP contribution >= 0.6 is 11.6 Å². The van der Waals surface area contributed by atoms with Crippen LogP contribution in [0.15, 0.2) is 65.8 Å². The van der Waals surface area contributed by atoms with Gasteiger partial charge in [-0.1, -0.05) is 29.8 Å². The molecule has 1 aliphatic rings. The maximum Gasteiger partial charge on any atom is 0.284 e. The minimum atomic E-state index is -0.516. The van der Waals surface area contributed by atoms with Crippen molar-refractivity contribution in [3.8, 4) is 16.9 Å². The summed E-state index contributed by atoms with van der Waals surface area (Å²) < 4.78 is 2.77. The van der Waals surface area contributed by atoms with E-state index in [0.29, 0.717) is 16.4 Å². The molecule has 1 unspecified atom stereocenters. The average Bonchev–Trinajstić information content (AvgIpc) is 3.41. The number of benzene rings is 1. The summed E-state index contributed by atoms with van der Waals surface area (Å²) in [6.07, 6.45) is 6.47. The predicted molar refractivity (Wildman–Crippen MR) is 120 cm³/mol. The van der Waals surface area contributed by atoms with Gasteiger partial charge in [0.2, 0.25) is 0 Å². The number of amides is 1. The lowest BCUT2D eigenvalue weighted by Crippen LogP contribution is -2.35. The molecular formula is C23H19ClN6O2. The fourth-order valence-corrected chi connectivity index (χ4v) is 4.04. The molecule has 0 aliphatic heterocycles. The molecule has 5 rings (SSSR count). The van der Waals surface area contributed by atoms with Gasteiger partial charge in [-0.05, 0) is 42.7 Å². The van der Waals surface area contributed by atoms with E-state index in [1.807, 2.05) is 12.1 Å². The molecule has 0 bridgehead atoms. The van der Waals surface area contributed by atoms with Crippen LogP contribution < -0.4 is 10.9 Å². The molecule has 1 aliphatic carbocycles. The molecule has 3 aromatic heterocycles. The van der Waals surface area contributed by atoms with E-state index in [2.05, 4.69) is 20.5 Å². The number of carbonyl (C=O) groups is 1. The second-order valence-corrected chi connectivity index (χ2v) is 8.08. The standard InChI is InChI=1S/C23H19ClN6O2/c1-29-13-16(12-26-29)30-23(32)18(11-21(28-30)14-4-6-15(24)7-5-14)22(31)27-20-9-8-19-17(20)3-2-10-25-19/h2-7,10-13,20H,8-9H2,1H3,(H,27,31). The third-order valence-electron chi connectivity index (χ3n) is 5.51. The SMILES string of the molecule is Cn1cc(-n2nc(-c3ccc(Cl)cc3)cc(C(=O)NC3CCc4ncccc43)c2=O)cn1. The molecule has 0 fully saturated rings. The molecule has 160 valence electrons. The lowest BCUT2D eigenvalue weighted by atomic mass is 10.1. The highest BCUT2D eigenvalue weighted by molar-refractivity contribution is 6.30. The summed E-state index contributed by atoms with van der Waals surface area (Å²) in [5, 5.41) is 12.2. The van der Waals surface area contributed by atoms with Crippen molar-refractivity contribution in [2.24, 2.45) is 7.05 Å². The molecule has 0 saturated heterocycles. The largest absolute Gasteiger partial charge is 0.345 e. The summed E-state index contributed by atoms with van der Waals surface area (Å²) in [7, 11) is 1.75. The zero-order valence-electron chi connectivity index (χ0n) is 17.2. The molecule has 3 heterocycles. The number of fused-ring (bicyclic) bond motifs is 1. The van der Waals surface area contributed by atoms with Crippen molar-refractivity contribution >= 4 is 17.5 Å². The van der Waals surface area contributed by atoms with Crippen LogP contribution in [0.4, 0.5) is 0 Å². The second kappa shape index (κ2) is 8.05. The average molecular weight is 447 g/mol. The van der Waals surface area contributed by atoms with Gasteiger partial charge >= 0.3 is 0 Å². The van der Waals surface area contributed by atoms with Crippen molar-refractivity contribution in [1.29, 1.82) is 0 Å². The highest BCUT2D eigenvalue weighted by Crippen LogP contribution is 2.29. The summed E-state index contributed by atoms with van der Waals surface area (Å²) in [5.41, 5.74) is 3.13. The van der Waals surface area contributed by atoms with Crippen LogP contribution in [-0.4, -0.2) is 30.5 Å². The van der Waals surface area contributed by atoms with Gasteiger partial charge in [0.25, 0.3) is 11.5 Å². The highest BCUT2D eigenvalue weighted by Gasteiger charge is 2.27. The van der Waals surface area contributed by atoms with Crippen molar-refractivity contribution in [2.45, 2.75) is 18.9 Å². The van der Waals surface area contributed by atoms with E-state index in [-0.39, 0.29) is 11.6 Å². The molecule has 0 radical (unpaired) electrons. The van der Waals surface area contributed by atoms with Gasteiger partial charge in [-0.25, -0.2) is 0 Å². The third-order valence-corrected chi connectivity index (χ3v) is 5.76. The Bertz CT molecular complexity index is 1380. The van der Waals surface area contributed by atoms with Gasteiger partial charge in [0.1, 0.15) is 11.3 Å². The predicted octanol–water partition coefficient (Wildman–Crippen LogP) is 3.10. The molecule has 1 amide bonds. The van der Waals surface area contributed by atoms with Crippen LogP contribution in [0.25, 0.3) is 16.9 Å². The molecule has 0 spiro atoms. The number of aryl methyl sites for hydroxylation is 2.